The van der Waals surface area contributed by atoms with E-state index in [4.69, 9.17) is 16.3 Å². The lowest BCUT2D eigenvalue weighted by Gasteiger charge is -2.45. The molecule has 2 fully saturated rings. The molecule has 3 aromatic rings. The Kier molecular flexibility index (Phi) is 7.39. The Bertz CT molecular complexity index is 1450. The fourth-order valence-corrected chi connectivity index (χ4v) is 5.62. The molecule has 10 heteroatoms. The van der Waals surface area contributed by atoms with Gasteiger partial charge in [0, 0.05) is 55.0 Å². The summed E-state index contributed by atoms with van der Waals surface area (Å²) < 4.78 is 7.26. The molecule has 1 N–H and O–H groups in total. The van der Waals surface area contributed by atoms with Crippen LogP contribution in [0.2, 0.25) is 5.02 Å². The summed E-state index contributed by atoms with van der Waals surface area (Å²) in [5, 5.41) is 4.09. The maximum atomic E-state index is 13.7. The summed E-state index contributed by atoms with van der Waals surface area (Å²) in [7, 11) is 0. The zero-order valence-corrected chi connectivity index (χ0v) is 23.5. The average molecular weight is 552 g/mol. The Morgan fingerprint density at radius 1 is 1.10 bits per heavy atom. The largest absolute Gasteiger partial charge is 0.372 e. The van der Waals surface area contributed by atoms with Crippen LogP contribution in [-0.4, -0.2) is 64.7 Å². The van der Waals surface area contributed by atoms with Crippen molar-refractivity contribution < 1.29 is 14.3 Å². The SMILES string of the molecule is CC1CN(c2ccnc3c2cc(C(=O)NCc2ccc(Cl)cc2)c(=O)n3CC(=O)N2CC(C)(C)C2)CC(C)O1. The van der Waals surface area contributed by atoms with Gasteiger partial charge in [-0.25, -0.2) is 4.98 Å². The van der Waals surface area contributed by atoms with Crippen molar-refractivity contribution in [2.45, 2.75) is 53.0 Å². The molecule has 2 unspecified atom stereocenters. The number of nitrogens with zero attached hydrogens (tertiary/aromatic N) is 4. The highest BCUT2D eigenvalue weighted by atomic mass is 35.5. The van der Waals surface area contributed by atoms with Crippen LogP contribution in [0.4, 0.5) is 5.69 Å². The number of aromatic nitrogens is 2. The third-order valence-electron chi connectivity index (χ3n) is 7.22. The molecule has 0 spiro atoms. The Labute approximate surface area is 232 Å². The lowest BCUT2D eigenvalue weighted by molar-refractivity contribution is -0.142. The van der Waals surface area contributed by atoms with Crippen LogP contribution in [0.1, 0.15) is 43.6 Å². The van der Waals surface area contributed by atoms with Crippen molar-refractivity contribution in [2.75, 3.05) is 31.1 Å². The second-order valence-electron chi connectivity index (χ2n) is 11.4. The summed E-state index contributed by atoms with van der Waals surface area (Å²) in [6.45, 7) is 10.8. The second-order valence-corrected chi connectivity index (χ2v) is 11.8. The van der Waals surface area contributed by atoms with Crippen LogP contribution < -0.4 is 15.8 Å². The highest BCUT2D eigenvalue weighted by Crippen LogP contribution is 2.30. The Hall–Kier alpha value is -3.43. The summed E-state index contributed by atoms with van der Waals surface area (Å²) >= 11 is 5.97. The normalized spacial score (nSPS) is 20.5. The van der Waals surface area contributed by atoms with Crippen molar-refractivity contribution in [3.63, 3.8) is 0 Å². The monoisotopic (exact) mass is 551 g/mol. The summed E-state index contributed by atoms with van der Waals surface area (Å²) in [5.41, 5.74) is 1.56. The standard InChI is InChI=1S/C29H34ClN5O4/c1-18-13-33(14-19(2)39-18)24-9-10-31-26-22(24)11-23(27(37)32-12-20-5-7-21(30)8-6-20)28(38)35(26)15-25(36)34-16-29(3,4)17-34/h5-11,18-19H,12-17H2,1-4H3,(H,32,37). The quantitative estimate of drug-likeness (QED) is 0.504. The minimum absolute atomic E-state index is 0.0152. The molecule has 2 saturated heterocycles. The van der Waals surface area contributed by atoms with Gasteiger partial charge in [-0.1, -0.05) is 37.6 Å². The highest BCUT2D eigenvalue weighted by molar-refractivity contribution is 6.30. The van der Waals surface area contributed by atoms with E-state index in [9.17, 15) is 14.4 Å². The number of likely N-dealkylation sites (tertiary alicyclic amines) is 1. The van der Waals surface area contributed by atoms with Crippen molar-refractivity contribution in [2.24, 2.45) is 5.41 Å². The number of halogens is 1. The molecule has 2 amide bonds. The predicted octanol–water partition coefficient (Wildman–Crippen LogP) is 3.46. The number of anilines is 1. The van der Waals surface area contributed by atoms with Crippen LogP contribution >= 0.6 is 11.6 Å². The summed E-state index contributed by atoms with van der Waals surface area (Å²) in [6.07, 6.45) is 1.68. The van der Waals surface area contributed by atoms with Crippen molar-refractivity contribution >= 4 is 40.1 Å². The van der Waals surface area contributed by atoms with E-state index >= 15 is 0 Å². The number of fused-ring (bicyclic) bond motifs is 1. The first-order valence-electron chi connectivity index (χ1n) is 13.2. The number of pyridine rings is 2. The van der Waals surface area contributed by atoms with Gasteiger partial charge < -0.3 is 19.9 Å². The predicted molar refractivity (Wildman–Crippen MR) is 151 cm³/mol. The maximum Gasteiger partial charge on any atom is 0.265 e. The lowest BCUT2D eigenvalue weighted by Crippen LogP contribution is -2.56. The second kappa shape index (κ2) is 10.6. The number of carbonyl (C=O) groups is 2. The molecule has 206 valence electrons. The molecule has 5 rings (SSSR count). The van der Waals surface area contributed by atoms with E-state index in [0.717, 1.165) is 11.3 Å². The molecular weight excluding hydrogens is 518 g/mol. The molecule has 2 atom stereocenters. The number of ether oxygens (including phenoxy) is 1. The molecular formula is C29H34ClN5O4. The molecule has 9 nitrogen and oxygen atoms in total. The highest BCUT2D eigenvalue weighted by Gasteiger charge is 2.37. The summed E-state index contributed by atoms with van der Waals surface area (Å²) in [4.78, 5) is 48.7. The lowest BCUT2D eigenvalue weighted by atomic mass is 9.84. The van der Waals surface area contributed by atoms with Crippen LogP contribution in [0.15, 0.2) is 47.4 Å². The van der Waals surface area contributed by atoms with E-state index in [-0.39, 0.29) is 42.2 Å². The van der Waals surface area contributed by atoms with E-state index in [0.29, 0.717) is 42.2 Å². The first-order chi connectivity index (χ1) is 18.5. The van der Waals surface area contributed by atoms with Gasteiger partial charge in [0.2, 0.25) is 5.91 Å². The molecule has 2 aliphatic rings. The van der Waals surface area contributed by atoms with Crippen LogP contribution in [0.3, 0.4) is 0 Å². The molecule has 4 heterocycles. The number of hydrogen-bond donors (Lipinski definition) is 1. The van der Waals surface area contributed by atoms with Gasteiger partial charge in [0.25, 0.3) is 11.5 Å². The zero-order chi connectivity index (χ0) is 27.9. The molecule has 0 bridgehead atoms. The summed E-state index contributed by atoms with van der Waals surface area (Å²) in [6, 6.07) is 10.6. The Balaban J connectivity index is 1.54. The molecule has 0 saturated carbocycles. The van der Waals surface area contributed by atoms with E-state index in [1.165, 1.54) is 4.57 Å². The van der Waals surface area contributed by atoms with E-state index in [1.54, 1.807) is 29.3 Å². The van der Waals surface area contributed by atoms with Gasteiger partial charge in [-0.2, -0.15) is 0 Å². The van der Waals surface area contributed by atoms with Gasteiger partial charge in [0.15, 0.2) is 0 Å². The molecule has 2 aliphatic heterocycles. The van der Waals surface area contributed by atoms with E-state index < -0.39 is 11.5 Å². The van der Waals surface area contributed by atoms with Gasteiger partial charge in [-0.15, -0.1) is 0 Å². The molecule has 1 aromatic carbocycles. The van der Waals surface area contributed by atoms with Gasteiger partial charge in [-0.05, 0) is 49.1 Å². The maximum absolute atomic E-state index is 13.7. The minimum Gasteiger partial charge on any atom is -0.372 e. The number of nitrogens with one attached hydrogen (secondary N) is 1. The number of carbonyl (C=O) groups excluding carboxylic acids is 2. The van der Waals surface area contributed by atoms with Crippen molar-refractivity contribution in [3.05, 3.63) is 69.1 Å². The summed E-state index contributed by atoms with van der Waals surface area (Å²) in [5.74, 6) is -0.682. The fourth-order valence-electron chi connectivity index (χ4n) is 5.49. The van der Waals surface area contributed by atoms with Crippen LogP contribution in [0, 0.1) is 5.41 Å². The Morgan fingerprint density at radius 2 is 1.77 bits per heavy atom. The van der Waals surface area contributed by atoms with Crippen molar-refractivity contribution in [1.29, 1.82) is 0 Å². The third-order valence-corrected chi connectivity index (χ3v) is 7.47. The van der Waals surface area contributed by atoms with Crippen LogP contribution in [0.5, 0.6) is 0 Å². The number of rotatable bonds is 6. The van der Waals surface area contributed by atoms with E-state index in [1.807, 2.05) is 32.0 Å². The van der Waals surface area contributed by atoms with Crippen LogP contribution in [0.25, 0.3) is 11.0 Å². The first kappa shape index (κ1) is 27.1. The van der Waals surface area contributed by atoms with Gasteiger partial charge in [-0.3, -0.25) is 19.0 Å². The van der Waals surface area contributed by atoms with Gasteiger partial charge in [0.05, 0.1) is 12.2 Å². The average Bonchev–Trinajstić information content (AvgIpc) is 2.87. The fraction of sp³-hybridized carbons (Fsp3) is 0.448. The minimum atomic E-state index is -0.544. The molecule has 39 heavy (non-hydrogen) atoms. The topological polar surface area (TPSA) is 96.8 Å². The van der Waals surface area contributed by atoms with Crippen molar-refractivity contribution in [3.8, 4) is 0 Å². The number of benzene rings is 1. The number of hydrogen-bond acceptors (Lipinski definition) is 6. The Morgan fingerprint density at radius 3 is 2.41 bits per heavy atom. The molecule has 2 aromatic heterocycles. The number of morpholine rings is 1. The first-order valence-corrected chi connectivity index (χ1v) is 13.6. The van der Waals surface area contributed by atoms with Crippen LogP contribution in [-0.2, 0) is 22.6 Å². The van der Waals surface area contributed by atoms with E-state index in [2.05, 4.69) is 29.0 Å². The third kappa shape index (κ3) is 5.79. The smallest absolute Gasteiger partial charge is 0.265 e. The van der Waals surface area contributed by atoms with Crippen molar-refractivity contribution in [1.82, 2.24) is 19.8 Å². The molecule has 0 radical (unpaired) electrons. The van der Waals surface area contributed by atoms with Gasteiger partial charge in [0.1, 0.15) is 17.8 Å². The number of amides is 2. The molecule has 0 aliphatic carbocycles. The van der Waals surface area contributed by atoms with Gasteiger partial charge >= 0.3 is 0 Å². The zero-order valence-electron chi connectivity index (χ0n) is 22.7.